The first kappa shape index (κ1) is 15.2. The van der Waals surface area contributed by atoms with Gasteiger partial charge in [0.1, 0.15) is 6.33 Å². The van der Waals surface area contributed by atoms with Crippen molar-refractivity contribution in [2.24, 2.45) is 0 Å². The Hall–Kier alpha value is -2.22. The highest BCUT2D eigenvalue weighted by Crippen LogP contribution is 2.14. The Morgan fingerprint density at radius 2 is 2.10 bits per heavy atom. The monoisotopic (exact) mass is 291 g/mol. The number of imidazole rings is 1. The molecule has 2 N–H and O–H groups in total. The fraction of sp³-hybridized carbons (Fsp3) is 0.538. The van der Waals surface area contributed by atoms with Gasteiger partial charge in [-0.15, -0.1) is 0 Å². The van der Waals surface area contributed by atoms with Crippen LogP contribution in [0, 0.1) is 0 Å². The van der Waals surface area contributed by atoms with Gasteiger partial charge in [-0.25, -0.2) is 4.98 Å². The van der Waals surface area contributed by atoms with Crippen molar-refractivity contribution in [3.63, 3.8) is 0 Å². The first-order valence-corrected chi connectivity index (χ1v) is 6.81. The van der Waals surface area contributed by atoms with Crippen molar-refractivity contribution in [1.82, 2.24) is 24.5 Å². The molecule has 2 aromatic heterocycles. The maximum atomic E-state index is 9.93. The molecule has 0 radical (unpaired) electrons. The van der Waals surface area contributed by atoms with Crippen molar-refractivity contribution in [3.8, 4) is 5.95 Å². The van der Waals surface area contributed by atoms with E-state index in [0.717, 1.165) is 0 Å². The highest BCUT2D eigenvalue weighted by Gasteiger charge is 2.19. The molecule has 0 saturated heterocycles. The number of nitrogens with zero attached hydrogens (tertiary/aromatic N) is 6. The fourth-order valence-corrected chi connectivity index (χ4v) is 1.91. The molecule has 8 nitrogen and oxygen atoms in total. The van der Waals surface area contributed by atoms with Crippen molar-refractivity contribution in [2.45, 2.75) is 26.4 Å². The highest BCUT2D eigenvalue weighted by atomic mass is 16.3. The van der Waals surface area contributed by atoms with E-state index >= 15 is 0 Å². The van der Waals surface area contributed by atoms with Crippen LogP contribution in [0.3, 0.4) is 0 Å². The van der Waals surface area contributed by atoms with E-state index in [0.29, 0.717) is 30.9 Å². The first-order valence-electron chi connectivity index (χ1n) is 6.81. The lowest BCUT2D eigenvalue weighted by Gasteiger charge is -2.25. The van der Waals surface area contributed by atoms with E-state index in [2.05, 4.69) is 25.3 Å². The summed E-state index contributed by atoms with van der Waals surface area (Å²) in [4.78, 5) is 18.9. The molecule has 2 aromatic rings. The van der Waals surface area contributed by atoms with E-state index in [1.807, 2.05) is 14.0 Å². The van der Waals surface area contributed by atoms with Crippen LogP contribution < -0.4 is 10.2 Å². The topological polar surface area (TPSA) is 92.0 Å². The molecule has 21 heavy (non-hydrogen) atoms. The second-order valence-corrected chi connectivity index (χ2v) is 5.43. The Labute approximate surface area is 123 Å². The summed E-state index contributed by atoms with van der Waals surface area (Å²) in [7, 11) is 1.83. The number of anilines is 2. The van der Waals surface area contributed by atoms with E-state index in [4.69, 9.17) is 0 Å². The summed E-state index contributed by atoms with van der Waals surface area (Å²) in [5, 5.41) is 13.0. The Balaban J connectivity index is 2.36. The lowest BCUT2D eigenvalue weighted by atomic mass is 10.1. The van der Waals surface area contributed by atoms with Gasteiger partial charge in [-0.2, -0.15) is 15.0 Å². The van der Waals surface area contributed by atoms with E-state index in [9.17, 15) is 5.11 Å². The molecule has 114 valence electrons. The number of nitrogens with one attached hydrogen (secondary N) is 1. The fourth-order valence-electron chi connectivity index (χ4n) is 1.91. The average molecular weight is 291 g/mol. The van der Waals surface area contributed by atoms with Gasteiger partial charge in [0.15, 0.2) is 0 Å². The molecule has 0 spiro atoms. The van der Waals surface area contributed by atoms with E-state index < -0.39 is 5.60 Å². The molecular formula is C13H21N7O. The molecule has 0 bridgehead atoms. The third-order valence-corrected chi connectivity index (χ3v) is 2.65. The molecule has 0 aromatic carbocycles. The van der Waals surface area contributed by atoms with Crippen LogP contribution in [0.4, 0.5) is 11.9 Å². The second-order valence-electron chi connectivity index (χ2n) is 5.43. The van der Waals surface area contributed by atoms with Gasteiger partial charge in [-0.3, -0.25) is 4.57 Å². The van der Waals surface area contributed by atoms with Gasteiger partial charge in [0, 0.05) is 32.5 Å². The van der Waals surface area contributed by atoms with Gasteiger partial charge in [-0.1, -0.05) is 0 Å². The van der Waals surface area contributed by atoms with Crippen LogP contribution in [0.15, 0.2) is 18.7 Å². The minimum absolute atomic E-state index is 0.409. The smallest absolute Gasteiger partial charge is 0.241 e. The Morgan fingerprint density at radius 1 is 1.33 bits per heavy atom. The molecule has 2 heterocycles. The molecule has 0 aliphatic heterocycles. The zero-order chi connectivity index (χ0) is 15.5. The van der Waals surface area contributed by atoms with E-state index in [1.54, 1.807) is 42.0 Å². The Bertz CT molecular complexity index is 577. The van der Waals surface area contributed by atoms with Crippen LogP contribution in [0.2, 0.25) is 0 Å². The van der Waals surface area contributed by atoms with Crippen molar-refractivity contribution in [3.05, 3.63) is 18.7 Å². The van der Waals surface area contributed by atoms with Gasteiger partial charge in [0.2, 0.25) is 17.8 Å². The third kappa shape index (κ3) is 4.12. The average Bonchev–Trinajstić information content (AvgIpc) is 2.90. The lowest BCUT2D eigenvalue weighted by Crippen LogP contribution is -2.37. The zero-order valence-corrected chi connectivity index (χ0v) is 12.8. The summed E-state index contributed by atoms with van der Waals surface area (Å²) in [6, 6.07) is 0. The largest absolute Gasteiger partial charge is 0.389 e. The molecule has 0 aliphatic rings. The van der Waals surface area contributed by atoms with E-state index in [-0.39, 0.29) is 0 Å². The minimum Gasteiger partial charge on any atom is -0.389 e. The normalized spacial score (nSPS) is 11.5. The SMILES string of the molecule is CCNc1nc(N(C)CC(C)(C)O)nc(-n2ccnc2)n1. The lowest BCUT2D eigenvalue weighted by molar-refractivity contribution is 0.0882. The number of likely N-dealkylation sites (N-methyl/N-ethyl adjacent to an activating group) is 1. The number of aromatic nitrogens is 5. The predicted molar refractivity (Wildman–Crippen MR) is 80.7 cm³/mol. The van der Waals surface area contributed by atoms with Crippen LogP contribution in [-0.2, 0) is 0 Å². The van der Waals surface area contributed by atoms with Gasteiger partial charge in [0.05, 0.1) is 5.60 Å². The summed E-state index contributed by atoms with van der Waals surface area (Å²) in [6.07, 6.45) is 5.06. The van der Waals surface area contributed by atoms with Crippen molar-refractivity contribution >= 4 is 11.9 Å². The Kier molecular flexibility index (Phi) is 4.37. The van der Waals surface area contributed by atoms with E-state index in [1.165, 1.54) is 0 Å². The summed E-state index contributed by atoms with van der Waals surface area (Å²) < 4.78 is 1.71. The van der Waals surface area contributed by atoms with Crippen LogP contribution >= 0.6 is 0 Å². The molecule has 8 heteroatoms. The van der Waals surface area contributed by atoms with Crippen molar-refractivity contribution in [1.29, 1.82) is 0 Å². The number of rotatable bonds is 6. The molecule has 0 saturated carbocycles. The molecule has 0 aliphatic carbocycles. The third-order valence-electron chi connectivity index (χ3n) is 2.65. The maximum absolute atomic E-state index is 9.93. The van der Waals surface area contributed by atoms with Gasteiger partial charge in [-0.05, 0) is 20.8 Å². The standard InChI is InChI=1S/C13H21N7O/c1-5-15-10-16-11(19(4)8-13(2,3)21)18-12(17-10)20-7-6-14-9-20/h6-7,9,21H,5,8H2,1-4H3,(H,15,16,17,18). The van der Waals surface area contributed by atoms with Gasteiger partial charge in [0.25, 0.3) is 0 Å². The van der Waals surface area contributed by atoms with Crippen LogP contribution in [0.5, 0.6) is 0 Å². The summed E-state index contributed by atoms with van der Waals surface area (Å²) in [5.74, 6) is 1.47. The van der Waals surface area contributed by atoms with Crippen LogP contribution in [0.1, 0.15) is 20.8 Å². The second kappa shape index (κ2) is 6.04. The van der Waals surface area contributed by atoms with Crippen molar-refractivity contribution in [2.75, 3.05) is 30.4 Å². The first-order chi connectivity index (χ1) is 9.89. The number of hydrogen-bond acceptors (Lipinski definition) is 7. The summed E-state index contributed by atoms with van der Waals surface area (Å²) in [6.45, 7) is 6.58. The minimum atomic E-state index is -0.838. The molecular weight excluding hydrogens is 270 g/mol. The van der Waals surface area contributed by atoms with Crippen LogP contribution in [-0.4, -0.2) is 55.3 Å². The summed E-state index contributed by atoms with van der Waals surface area (Å²) >= 11 is 0. The highest BCUT2D eigenvalue weighted by molar-refractivity contribution is 5.39. The van der Waals surface area contributed by atoms with Gasteiger partial charge >= 0.3 is 0 Å². The quantitative estimate of drug-likeness (QED) is 0.809. The summed E-state index contributed by atoms with van der Waals surface area (Å²) in [5.41, 5.74) is -0.838. The molecule has 0 fully saturated rings. The molecule has 2 rings (SSSR count). The van der Waals surface area contributed by atoms with Gasteiger partial charge < -0.3 is 15.3 Å². The molecule has 0 atom stereocenters. The maximum Gasteiger partial charge on any atom is 0.241 e. The van der Waals surface area contributed by atoms with Crippen LogP contribution in [0.25, 0.3) is 5.95 Å². The van der Waals surface area contributed by atoms with Crippen molar-refractivity contribution < 1.29 is 5.11 Å². The number of hydrogen-bond donors (Lipinski definition) is 2. The zero-order valence-electron chi connectivity index (χ0n) is 12.8. The molecule has 0 unspecified atom stereocenters. The Morgan fingerprint density at radius 3 is 2.67 bits per heavy atom. The number of aliphatic hydroxyl groups is 1. The predicted octanol–water partition coefficient (Wildman–Crippen LogP) is 0.696. The molecule has 0 amide bonds.